The zero-order chi connectivity index (χ0) is 22.6. The maximum atomic E-state index is 13.6. The number of hydrogen-bond acceptors (Lipinski definition) is 3. The van der Waals surface area contributed by atoms with Crippen molar-refractivity contribution in [1.82, 2.24) is 10.6 Å². The maximum absolute atomic E-state index is 13.6. The summed E-state index contributed by atoms with van der Waals surface area (Å²) in [5, 5.41) is 6.53. The first-order chi connectivity index (χ1) is 15.7. The van der Waals surface area contributed by atoms with Crippen LogP contribution in [0.25, 0.3) is 0 Å². The van der Waals surface area contributed by atoms with Crippen LogP contribution in [0.4, 0.5) is 0 Å². The fourth-order valence-electron chi connectivity index (χ4n) is 10.2. The standard InChI is InChI=1S/C28H39N3O2/c1-26(2)22(29-24(32)27-10-16-3-17(11-27)5-18(4-16)12-27)9-23(31-26)30-25(33)28-13-19-6-20(14-28)8-21(7-19)15-28/h9,16-21H,3-8,10-15H2,1-2H3,(H,29,32)(H,30,31,33). The molecule has 178 valence electrons. The van der Waals surface area contributed by atoms with Gasteiger partial charge in [0, 0.05) is 11.8 Å². The summed E-state index contributed by atoms with van der Waals surface area (Å²) < 4.78 is 0. The quantitative estimate of drug-likeness (QED) is 0.654. The van der Waals surface area contributed by atoms with Crippen LogP contribution in [0.1, 0.15) is 90.9 Å². The molecule has 0 aromatic rings. The summed E-state index contributed by atoms with van der Waals surface area (Å²) in [6.07, 6.45) is 16.3. The van der Waals surface area contributed by atoms with Crippen molar-refractivity contribution < 1.29 is 9.59 Å². The number of carbonyl (C=O) groups is 2. The molecule has 1 aliphatic heterocycles. The van der Waals surface area contributed by atoms with Crippen LogP contribution < -0.4 is 10.6 Å². The molecule has 2 N–H and O–H groups in total. The van der Waals surface area contributed by atoms with Gasteiger partial charge in [-0.05, 0) is 126 Å². The van der Waals surface area contributed by atoms with Gasteiger partial charge in [0.1, 0.15) is 5.84 Å². The number of rotatable bonds is 3. The minimum atomic E-state index is -0.512. The van der Waals surface area contributed by atoms with Gasteiger partial charge in [0.15, 0.2) is 0 Å². The van der Waals surface area contributed by atoms with Gasteiger partial charge in [-0.1, -0.05) is 0 Å². The SMILES string of the molecule is CC1(C)N=C(NC(=O)C23CC4CC(CC(C4)C2)C3)C=C1NC(=O)C12CC3CC(CC(C3)C1)C2. The van der Waals surface area contributed by atoms with E-state index in [2.05, 4.69) is 10.6 Å². The molecule has 8 saturated carbocycles. The molecule has 0 saturated heterocycles. The predicted molar refractivity (Wildman–Crippen MR) is 127 cm³/mol. The lowest BCUT2D eigenvalue weighted by Crippen LogP contribution is -2.54. The van der Waals surface area contributed by atoms with Gasteiger partial charge in [-0.3, -0.25) is 14.6 Å². The monoisotopic (exact) mass is 449 g/mol. The van der Waals surface area contributed by atoms with Crippen molar-refractivity contribution in [3.63, 3.8) is 0 Å². The second kappa shape index (κ2) is 6.73. The fraction of sp³-hybridized carbons (Fsp3) is 0.821. The molecule has 2 amide bonds. The van der Waals surface area contributed by atoms with Crippen LogP contribution in [-0.4, -0.2) is 23.2 Å². The topological polar surface area (TPSA) is 70.6 Å². The van der Waals surface area contributed by atoms with E-state index in [9.17, 15) is 9.59 Å². The van der Waals surface area contributed by atoms with Crippen LogP contribution in [0.2, 0.25) is 0 Å². The van der Waals surface area contributed by atoms with E-state index < -0.39 is 5.54 Å². The molecule has 9 aliphatic rings. The molecular formula is C28H39N3O2. The Morgan fingerprint density at radius 3 is 1.45 bits per heavy atom. The first-order valence-electron chi connectivity index (χ1n) is 13.7. The van der Waals surface area contributed by atoms with E-state index in [0.29, 0.717) is 5.84 Å². The molecule has 5 nitrogen and oxygen atoms in total. The van der Waals surface area contributed by atoms with Crippen LogP contribution in [-0.2, 0) is 9.59 Å². The average Bonchev–Trinajstić information content (AvgIpc) is 2.98. The molecule has 0 aromatic carbocycles. The van der Waals surface area contributed by atoms with Crippen molar-refractivity contribution in [3.05, 3.63) is 11.8 Å². The number of nitrogens with one attached hydrogen (secondary N) is 2. The minimum absolute atomic E-state index is 0.170. The first-order valence-corrected chi connectivity index (χ1v) is 13.7. The largest absolute Gasteiger partial charge is 0.327 e. The molecule has 1 heterocycles. The van der Waals surface area contributed by atoms with E-state index in [-0.39, 0.29) is 22.6 Å². The third kappa shape index (κ3) is 3.20. The number of aliphatic imine (C=N–C) groups is 1. The van der Waals surface area contributed by atoms with E-state index in [1.807, 2.05) is 19.9 Å². The number of carbonyl (C=O) groups excluding carboxylic acids is 2. The third-order valence-corrected chi connectivity index (χ3v) is 10.9. The summed E-state index contributed by atoms with van der Waals surface area (Å²) >= 11 is 0. The Morgan fingerprint density at radius 2 is 1.06 bits per heavy atom. The Balaban J connectivity index is 1.07. The van der Waals surface area contributed by atoms with Crippen LogP contribution in [0.15, 0.2) is 16.8 Å². The molecule has 5 heteroatoms. The van der Waals surface area contributed by atoms with Gasteiger partial charge in [0.25, 0.3) is 0 Å². The van der Waals surface area contributed by atoms with Gasteiger partial charge in [-0.2, -0.15) is 0 Å². The normalized spacial score (nSPS) is 47.9. The summed E-state index contributed by atoms with van der Waals surface area (Å²) in [6.45, 7) is 4.09. The molecule has 8 aliphatic carbocycles. The van der Waals surface area contributed by atoms with Crippen LogP contribution in [0.5, 0.6) is 0 Å². The predicted octanol–water partition coefficient (Wildman–Crippen LogP) is 4.73. The summed E-state index contributed by atoms with van der Waals surface area (Å²) in [7, 11) is 0. The van der Waals surface area contributed by atoms with Crippen LogP contribution >= 0.6 is 0 Å². The van der Waals surface area contributed by atoms with Crippen LogP contribution in [0.3, 0.4) is 0 Å². The second-order valence-electron chi connectivity index (χ2n) is 13.9. The van der Waals surface area contributed by atoms with Crippen molar-refractivity contribution >= 4 is 17.6 Å². The molecule has 0 spiro atoms. The zero-order valence-corrected chi connectivity index (χ0v) is 20.3. The summed E-state index contributed by atoms with van der Waals surface area (Å²) in [6, 6.07) is 0. The first kappa shape index (κ1) is 20.7. The minimum Gasteiger partial charge on any atom is -0.327 e. The van der Waals surface area contributed by atoms with E-state index >= 15 is 0 Å². The highest BCUT2D eigenvalue weighted by Crippen LogP contribution is 2.61. The molecular weight excluding hydrogens is 410 g/mol. The van der Waals surface area contributed by atoms with Gasteiger partial charge in [0.2, 0.25) is 11.8 Å². The van der Waals surface area contributed by atoms with Crippen molar-refractivity contribution in [2.45, 2.75) is 96.4 Å². The lowest BCUT2D eigenvalue weighted by molar-refractivity contribution is -0.145. The van der Waals surface area contributed by atoms with Gasteiger partial charge in [-0.25, -0.2) is 0 Å². The zero-order valence-electron chi connectivity index (χ0n) is 20.3. The Hall–Kier alpha value is -1.65. The summed E-state index contributed by atoms with van der Waals surface area (Å²) in [4.78, 5) is 32.0. The van der Waals surface area contributed by atoms with Gasteiger partial charge >= 0.3 is 0 Å². The number of nitrogens with zero attached hydrogens (tertiary/aromatic N) is 1. The van der Waals surface area contributed by atoms with E-state index in [0.717, 1.165) is 79.7 Å². The van der Waals surface area contributed by atoms with Crippen LogP contribution in [0, 0.1) is 46.3 Å². The van der Waals surface area contributed by atoms with Crippen molar-refractivity contribution in [3.8, 4) is 0 Å². The molecule has 0 atom stereocenters. The average molecular weight is 450 g/mol. The number of amides is 2. The number of hydrogen-bond donors (Lipinski definition) is 2. The van der Waals surface area contributed by atoms with Crippen molar-refractivity contribution in [1.29, 1.82) is 0 Å². The Kier molecular flexibility index (Phi) is 4.22. The van der Waals surface area contributed by atoms with Crippen molar-refractivity contribution in [2.75, 3.05) is 0 Å². The Labute approximate surface area is 197 Å². The Morgan fingerprint density at radius 1 is 0.697 bits per heavy atom. The lowest BCUT2D eigenvalue weighted by atomic mass is 9.49. The van der Waals surface area contributed by atoms with Gasteiger partial charge in [-0.15, -0.1) is 0 Å². The molecule has 0 aromatic heterocycles. The van der Waals surface area contributed by atoms with Gasteiger partial charge in [0.05, 0.1) is 16.4 Å². The smallest absolute Gasteiger partial charge is 0.231 e. The molecule has 8 bridgehead atoms. The van der Waals surface area contributed by atoms with E-state index in [1.165, 1.54) is 38.5 Å². The van der Waals surface area contributed by atoms with Crippen molar-refractivity contribution in [2.24, 2.45) is 51.3 Å². The van der Waals surface area contributed by atoms with E-state index in [1.54, 1.807) is 0 Å². The van der Waals surface area contributed by atoms with Gasteiger partial charge < -0.3 is 10.6 Å². The molecule has 0 unspecified atom stereocenters. The number of amidine groups is 1. The summed E-state index contributed by atoms with van der Waals surface area (Å²) in [5.41, 5.74) is -0.0108. The molecule has 0 radical (unpaired) electrons. The highest BCUT2D eigenvalue weighted by atomic mass is 16.2. The summed E-state index contributed by atoms with van der Waals surface area (Å²) in [5.74, 6) is 5.52. The lowest BCUT2D eigenvalue weighted by Gasteiger charge is -2.55. The molecule has 8 fully saturated rings. The Bertz CT molecular complexity index is 903. The second-order valence-corrected chi connectivity index (χ2v) is 13.9. The highest BCUT2D eigenvalue weighted by molar-refractivity contribution is 6.08. The molecule has 9 rings (SSSR count). The highest BCUT2D eigenvalue weighted by Gasteiger charge is 2.56. The maximum Gasteiger partial charge on any atom is 0.231 e. The van der Waals surface area contributed by atoms with E-state index in [4.69, 9.17) is 4.99 Å². The fourth-order valence-corrected chi connectivity index (χ4v) is 10.2. The molecule has 33 heavy (non-hydrogen) atoms. The third-order valence-electron chi connectivity index (χ3n) is 10.9.